The van der Waals surface area contributed by atoms with Crippen LogP contribution in [-0.4, -0.2) is 22.6 Å². The maximum atomic E-state index is 4.44. The first-order valence-corrected chi connectivity index (χ1v) is 6.94. The van der Waals surface area contributed by atoms with Crippen LogP contribution in [0.3, 0.4) is 0 Å². The molecule has 1 aromatic heterocycles. The summed E-state index contributed by atoms with van der Waals surface area (Å²) in [6, 6.07) is 11.2. The zero-order valence-electron chi connectivity index (χ0n) is 12.0. The molecule has 3 heteroatoms. The third kappa shape index (κ3) is 3.24. The van der Waals surface area contributed by atoms with Crippen molar-refractivity contribution in [2.75, 3.05) is 7.05 Å². The zero-order chi connectivity index (χ0) is 13.7. The van der Waals surface area contributed by atoms with Gasteiger partial charge in [0.2, 0.25) is 0 Å². The van der Waals surface area contributed by atoms with Gasteiger partial charge in [-0.3, -0.25) is 0 Å². The molecule has 0 fully saturated rings. The molecule has 0 saturated heterocycles. The second kappa shape index (κ2) is 6.53. The van der Waals surface area contributed by atoms with E-state index in [-0.39, 0.29) is 0 Å². The SMILES string of the molecule is CCC(c1ccccc1)C(Cc1nccn1C)NC. The lowest BCUT2D eigenvalue weighted by Gasteiger charge is -2.26. The quantitative estimate of drug-likeness (QED) is 0.862. The van der Waals surface area contributed by atoms with Crippen LogP contribution in [0.2, 0.25) is 0 Å². The highest BCUT2D eigenvalue weighted by Gasteiger charge is 2.21. The molecule has 1 aromatic carbocycles. The highest BCUT2D eigenvalue weighted by molar-refractivity contribution is 5.21. The number of rotatable bonds is 6. The summed E-state index contributed by atoms with van der Waals surface area (Å²) in [5.74, 6) is 1.65. The molecule has 102 valence electrons. The van der Waals surface area contributed by atoms with E-state index >= 15 is 0 Å². The summed E-state index contributed by atoms with van der Waals surface area (Å²) >= 11 is 0. The van der Waals surface area contributed by atoms with Gasteiger partial charge in [0, 0.05) is 31.9 Å². The van der Waals surface area contributed by atoms with E-state index in [0.717, 1.165) is 18.7 Å². The Morgan fingerprint density at radius 1 is 1.26 bits per heavy atom. The predicted octanol–water partition coefficient (Wildman–Crippen LogP) is 2.74. The summed E-state index contributed by atoms with van der Waals surface area (Å²) in [6.07, 6.45) is 5.95. The van der Waals surface area contributed by atoms with Gasteiger partial charge in [-0.25, -0.2) is 4.98 Å². The van der Waals surface area contributed by atoms with Gasteiger partial charge in [-0.15, -0.1) is 0 Å². The van der Waals surface area contributed by atoms with Gasteiger partial charge >= 0.3 is 0 Å². The average Bonchev–Trinajstić information content (AvgIpc) is 2.85. The number of imidazole rings is 1. The van der Waals surface area contributed by atoms with Gasteiger partial charge in [-0.05, 0) is 24.9 Å². The Morgan fingerprint density at radius 2 is 2.00 bits per heavy atom. The van der Waals surface area contributed by atoms with Crippen molar-refractivity contribution in [2.24, 2.45) is 7.05 Å². The van der Waals surface area contributed by atoms with Gasteiger partial charge in [0.25, 0.3) is 0 Å². The molecule has 2 rings (SSSR count). The molecule has 3 nitrogen and oxygen atoms in total. The van der Waals surface area contributed by atoms with E-state index in [1.165, 1.54) is 5.56 Å². The third-order valence-corrected chi connectivity index (χ3v) is 3.85. The second-order valence-corrected chi connectivity index (χ2v) is 4.98. The van der Waals surface area contributed by atoms with Crippen LogP contribution in [0.15, 0.2) is 42.7 Å². The fourth-order valence-electron chi connectivity index (χ4n) is 2.69. The number of aryl methyl sites for hydroxylation is 1. The summed E-state index contributed by atoms with van der Waals surface area (Å²) in [4.78, 5) is 4.44. The van der Waals surface area contributed by atoms with Crippen molar-refractivity contribution in [1.29, 1.82) is 0 Å². The minimum atomic E-state index is 0.411. The van der Waals surface area contributed by atoms with E-state index in [4.69, 9.17) is 0 Å². The summed E-state index contributed by atoms with van der Waals surface area (Å²) in [7, 11) is 4.09. The standard InChI is InChI=1S/C16H23N3/c1-4-14(13-8-6-5-7-9-13)15(17-2)12-16-18-10-11-19(16)3/h5-11,14-15,17H,4,12H2,1-3H3. The summed E-state index contributed by atoms with van der Waals surface area (Å²) in [5.41, 5.74) is 1.40. The first-order chi connectivity index (χ1) is 9.26. The number of aromatic nitrogens is 2. The fourth-order valence-corrected chi connectivity index (χ4v) is 2.69. The molecule has 0 bridgehead atoms. The largest absolute Gasteiger partial charge is 0.338 e. The van der Waals surface area contributed by atoms with Crippen LogP contribution >= 0.6 is 0 Å². The molecule has 19 heavy (non-hydrogen) atoms. The lowest BCUT2D eigenvalue weighted by molar-refractivity contribution is 0.437. The Hall–Kier alpha value is -1.61. The van der Waals surface area contributed by atoms with Crippen LogP contribution in [-0.2, 0) is 13.5 Å². The highest BCUT2D eigenvalue weighted by atomic mass is 15.0. The van der Waals surface area contributed by atoms with Crippen LogP contribution in [0.25, 0.3) is 0 Å². The Bertz CT molecular complexity index is 490. The van der Waals surface area contributed by atoms with E-state index < -0.39 is 0 Å². The van der Waals surface area contributed by atoms with E-state index in [9.17, 15) is 0 Å². The molecule has 0 aliphatic heterocycles. The van der Waals surface area contributed by atoms with Gasteiger partial charge < -0.3 is 9.88 Å². The molecule has 2 atom stereocenters. The van der Waals surface area contributed by atoms with E-state index in [2.05, 4.69) is 59.2 Å². The highest BCUT2D eigenvalue weighted by Crippen LogP contribution is 2.25. The topological polar surface area (TPSA) is 29.9 Å². The van der Waals surface area contributed by atoms with Gasteiger partial charge in [0.15, 0.2) is 0 Å². The monoisotopic (exact) mass is 257 g/mol. The first kappa shape index (κ1) is 13.8. The van der Waals surface area contributed by atoms with E-state index in [1.807, 2.05) is 19.4 Å². The van der Waals surface area contributed by atoms with Gasteiger partial charge in [0.1, 0.15) is 5.82 Å². The van der Waals surface area contributed by atoms with Crippen molar-refractivity contribution in [2.45, 2.75) is 31.7 Å². The molecule has 0 saturated carbocycles. The molecule has 2 unspecified atom stereocenters. The number of hydrogen-bond acceptors (Lipinski definition) is 2. The predicted molar refractivity (Wildman–Crippen MR) is 79.2 cm³/mol. The molecule has 2 aromatic rings. The smallest absolute Gasteiger partial charge is 0.109 e. The molecule has 0 spiro atoms. The summed E-state index contributed by atoms with van der Waals surface area (Å²) in [5, 5.41) is 3.46. The molecule has 0 aliphatic carbocycles. The van der Waals surface area contributed by atoms with Crippen molar-refractivity contribution >= 4 is 0 Å². The molecule has 0 radical (unpaired) electrons. The minimum Gasteiger partial charge on any atom is -0.338 e. The van der Waals surface area contributed by atoms with Gasteiger partial charge in [-0.2, -0.15) is 0 Å². The maximum absolute atomic E-state index is 4.44. The maximum Gasteiger partial charge on any atom is 0.109 e. The van der Waals surface area contributed by atoms with Crippen LogP contribution in [0, 0.1) is 0 Å². The van der Waals surface area contributed by atoms with Crippen molar-refractivity contribution in [3.05, 3.63) is 54.1 Å². The lowest BCUT2D eigenvalue weighted by Crippen LogP contribution is -2.34. The van der Waals surface area contributed by atoms with Gasteiger partial charge in [0.05, 0.1) is 0 Å². The zero-order valence-corrected chi connectivity index (χ0v) is 12.0. The van der Waals surface area contributed by atoms with Crippen molar-refractivity contribution < 1.29 is 0 Å². The molecular weight excluding hydrogens is 234 g/mol. The van der Waals surface area contributed by atoms with Crippen LogP contribution in [0.5, 0.6) is 0 Å². The Morgan fingerprint density at radius 3 is 2.53 bits per heavy atom. The normalized spacial score (nSPS) is 14.3. The molecule has 1 N–H and O–H groups in total. The molecule has 0 aliphatic rings. The Kier molecular flexibility index (Phi) is 4.74. The molecular formula is C16H23N3. The van der Waals surface area contributed by atoms with Crippen molar-refractivity contribution in [1.82, 2.24) is 14.9 Å². The van der Waals surface area contributed by atoms with Gasteiger partial charge in [-0.1, -0.05) is 37.3 Å². The van der Waals surface area contributed by atoms with Crippen molar-refractivity contribution in [3.8, 4) is 0 Å². The number of benzene rings is 1. The van der Waals surface area contributed by atoms with Crippen molar-refractivity contribution in [3.63, 3.8) is 0 Å². The average molecular weight is 257 g/mol. The van der Waals surface area contributed by atoms with Crippen LogP contribution < -0.4 is 5.32 Å². The molecule has 1 heterocycles. The summed E-state index contributed by atoms with van der Waals surface area (Å²) in [6.45, 7) is 2.25. The number of nitrogens with one attached hydrogen (secondary N) is 1. The summed E-state index contributed by atoms with van der Waals surface area (Å²) < 4.78 is 2.10. The number of likely N-dealkylation sites (N-methyl/N-ethyl adjacent to an activating group) is 1. The van der Waals surface area contributed by atoms with E-state index in [0.29, 0.717) is 12.0 Å². The third-order valence-electron chi connectivity index (χ3n) is 3.85. The van der Waals surface area contributed by atoms with Crippen LogP contribution in [0.1, 0.15) is 30.7 Å². The minimum absolute atomic E-state index is 0.411. The Labute approximate surface area is 115 Å². The molecule has 0 amide bonds. The second-order valence-electron chi connectivity index (χ2n) is 4.98. The lowest BCUT2D eigenvalue weighted by atomic mass is 9.87. The van der Waals surface area contributed by atoms with Crippen LogP contribution in [0.4, 0.5) is 0 Å². The number of nitrogens with zero attached hydrogens (tertiary/aromatic N) is 2. The number of hydrogen-bond donors (Lipinski definition) is 1. The Balaban J connectivity index is 2.17. The first-order valence-electron chi connectivity index (χ1n) is 6.94. The van der Waals surface area contributed by atoms with E-state index in [1.54, 1.807) is 0 Å². The fraction of sp³-hybridized carbons (Fsp3) is 0.438.